The number of hydrogen-bond donors (Lipinski definition) is 1. The Morgan fingerprint density at radius 1 is 1.03 bits per heavy atom. The van der Waals surface area contributed by atoms with Crippen molar-refractivity contribution in [3.8, 4) is 0 Å². The van der Waals surface area contributed by atoms with Gasteiger partial charge in [0.2, 0.25) is 5.91 Å². The molecule has 1 spiro atoms. The van der Waals surface area contributed by atoms with E-state index >= 15 is 0 Å². The lowest BCUT2D eigenvalue weighted by Gasteiger charge is -2.35. The van der Waals surface area contributed by atoms with Crippen LogP contribution in [0.5, 0.6) is 0 Å². The number of nitro groups is 1. The van der Waals surface area contributed by atoms with Gasteiger partial charge < -0.3 is 5.32 Å². The molecule has 0 aliphatic carbocycles. The van der Waals surface area contributed by atoms with Crippen LogP contribution in [0.25, 0.3) is 0 Å². The largest absolute Gasteiger partial charge is 0.324 e. The van der Waals surface area contributed by atoms with Gasteiger partial charge in [-0.2, -0.15) is 0 Å². The number of nitrogens with zero attached hydrogens (tertiary/aromatic N) is 2. The van der Waals surface area contributed by atoms with E-state index in [1.54, 1.807) is 24.3 Å². The normalized spacial score (nSPS) is 24.3. The van der Waals surface area contributed by atoms with Crippen LogP contribution < -0.4 is 5.32 Å². The number of benzene rings is 3. The highest BCUT2D eigenvalue weighted by atomic mass is 16.6. The first-order valence-electron chi connectivity index (χ1n) is 10.4. The number of non-ortho nitro benzene ring substituents is 1. The quantitative estimate of drug-likeness (QED) is 0.386. The van der Waals surface area contributed by atoms with Crippen molar-refractivity contribution in [2.24, 2.45) is 5.92 Å². The molecule has 3 unspecified atom stereocenters. The third-order valence-electron chi connectivity index (χ3n) is 6.73. The number of fused-ring (bicyclic) bond motifs is 2. The van der Waals surface area contributed by atoms with Gasteiger partial charge in [-0.1, -0.05) is 60.7 Å². The second-order valence-corrected chi connectivity index (χ2v) is 8.31. The zero-order chi connectivity index (χ0) is 22.5. The number of ketones is 1. The third kappa shape index (κ3) is 2.78. The molecule has 0 aromatic heterocycles. The van der Waals surface area contributed by atoms with Gasteiger partial charge in [0.05, 0.1) is 10.8 Å². The van der Waals surface area contributed by atoms with E-state index in [0.29, 0.717) is 17.8 Å². The summed E-state index contributed by atoms with van der Waals surface area (Å²) in [6.07, 6.45) is 0. The van der Waals surface area contributed by atoms with E-state index in [-0.39, 0.29) is 23.3 Å². The summed E-state index contributed by atoms with van der Waals surface area (Å²) in [6.45, 7) is 0.461. The van der Waals surface area contributed by atoms with Crippen LogP contribution in [0, 0.1) is 16.0 Å². The maximum absolute atomic E-state index is 14.0. The lowest BCUT2D eigenvalue weighted by molar-refractivity contribution is -0.384. The van der Waals surface area contributed by atoms with Crippen LogP contribution >= 0.6 is 0 Å². The molecular weight excluding hydrogens is 406 g/mol. The fourth-order valence-corrected chi connectivity index (χ4v) is 5.32. The number of rotatable bonds is 4. The standard InChI is InChI=1S/C25H21N3O4/c1-27-15-19(16-11-13-18(14-12-16)28(31)32)22(23(29)17-7-3-2-4-8-17)25(27)20-9-5-6-10-21(20)26-24(25)30/h2-14,19,22H,15H2,1H3,(H,26,30). The molecule has 2 aliphatic heterocycles. The topological polar surface area (TPSA) is 92.5 Å². The minimum atomic E-state index is -1.16. The SMILES string of the molecule is CN1CC(c2ccc([N+](=O)[O-])cc2)C(C(=O)c2ccccc2)C12C(=O)Nc1ccccc12. The van der Waals surface area contributed by atoms with Crippen LogP contribution in [0.4, 0.5) is 11.4 Å². The lowest BCUT2D eigenvalue weighted by Crippen LogP contribution is -2.51. The number of carbonyl (C=O) groups excluding carboxylic acids is 2. The van der Waals surface area contributed by atoms with E-state index in [1.807, 2.05) is 54.4 Å². The minimum absolute atomic E-state index is 0.00953. The Hall–Kier alpha value is -3.84. The van der Waals surface area contributed by atoms with Gasteiger partial charge in [-0.3, -0.25) is 24.6 Å². The smallest absolute Gasteiger partial charge is 0.269 e. The summed E-state index contributed by atoms with van der Waals surface area (Å²) in [6, 6.07) is 22.8. The molecule has 2 heterocycles. The van der Waals surface area contributed by atoms with Crippen LogP contribution in [0.15, 0.2) is 78.9 Å². The number of hydrogen-bond acceptors (Lipinski definition) is 5. The molecule has 0 saturated carbocycles. The molecule has 1 saturated heterocycles. The predicted molar refractivity (Wildman–Crippen MR) is 119 cm³/mol. The Labute approximate surface area is 184 Å². The fraction of sp³-hybridized carbons (Fsp3) is 0.200. The zero-order valence-electron chi connectivity index (χ0n) is 17.4. The maximum Gasteiger partial charge on any atom is 0.269 e. The Kier molecular flexibility index (Phi) is 4.64. The van der Waals surface area contributed by atoms with E-state index in [9.17, 15) is 19.7 Å². The number of anilines is 1. The fourth-order valence-electron chi connectivity index (χ4n) is 5.32. The van der Waals surface area contributed by atoms with Crippen molar-refractivity contribution in [1.82, 2.24) is 4.90 Å². The Bertz CT molecular complexity index is 1230. The molecule has 0 radical (unpaired) electrons. The van der Waals surface area contributed by atoms with Gasteiger partial charge in [0.1, 0.15) is 5.54 Å². The van der Waals surface area contributed by atoms with Gasteiger partial charge in [-0.05, 0) is 18.7 Å². The van der Waals surface area contributed by atoms with Crippen molar-refractivity contribution < 1.29 is 14.5 Å². The van der Waals surface area contributed by atoms with Gasteiger partial charge in [-0.25, -0.2) is 0 Å². The Morgan fingerprint density at radius 3 is 2.38 bits per heavy atom. The van der Waals surface area contributed by atoms with Crippen LogP contribution in [0.3, 0.4) is 0 Å². The maximum atomic E-state index is 14.0. The summed E-state index contributed by atoms with van der Waals surface area (Å²) in [7, 11) is 1.86. The minimum Gasteiger partial charge on any atom is -0.324 e. The number of nitro benzene ring substituents is 1. The van der Waals surface area contributed by atoms with Crippen molar-refractivity contribution in [3.63, 3.8) is 0 Å². The molecule has 1 N–H and O–H groups in total. The monoisotopic (exact) mass is 427 g/mol. The number of likely N-dealkylation sites (tertiary alicyclic amines) is 1. The first-order chi connectivity index (χ1) is 15.4. The van der Waals surface area contributed by atoms with Gasteiger partial charge in [0, 0.05) is 41.4 Å². The van der Waals surface area contributed by atoms with Gasteiger partial charge in [0.25, 0.3) is 5.69 Å². The van der Waals surface area contributed by atoms with Crippen molar-refractivity contribution in [2.45, 2.75) is 11.5 Å². The highest BCUT2D eigenvalue weighted by Gasteiger charge is 2.64. The molecule has 7 heteroatoms. The number of amides is 1. The Morgan fingerprint density at radius 2 is 1.69 bits per heavy atom. The van der Waals surface area contributed by atoms with E-state index in [2.05, 4.69) is 5.32 Å². The number of likely N-dealkylation sites (N-methyl/N-ethyl adjacent to an activating group) is 1. The molecule has 160 valence electrons. The molecule has 3 aromatic carbocycles. The molecule has 1 fully saturated rings. The molecule has 0 bridgehead atoms. The summed E-state index contributed by atoms with van der Waals surface area (Å²) in [4.78, 5) is 40.1. The third-order valence-corrected chi connectivity index (χ3v) is 6.73. The van der Waals surface area contributed by atoms with Gasteiger partial charge >= 0.3 is 0 Å². The summed E-state index contributed by atoms with van der Waals surface area (Å²) >= 11 is 0. The summed E-state index contributed by atoms with van der Waals surface area (Å²) < 4.78 is 0. The molecule has 1 amide bonds. The van der Waals surface area contributed by atoms with Crippen molar-refractivity contribution in [3.05, 3.63) is 106 Å². The van der Waals surface area contributed by atoms with Crippen LogP contribution in [-0.4, -0.2) is 35.1 Å². The average molecular weight is 427 g/mol. The molecule has 5 rings (SSSR count). The number of nitrogens with one attached hydrogen (secondary N) is 1. The summed E-state index contributed by atoms with van der Waals surface area (Å²) in [5.74, 6) is -1.35. The summed E-state index contributed by atoms with van der Waals surface area (Å²) in [5, 5.41) is 14.1. The number of carbonyl (C=O) groups is 2. The second kappa shape index (κ2) is 7.39. The predicted octanol–water partition coefficient (Wildman–Crippen LogP) is 3.97. The van der Waals surface area contributed by atoms with Gasteiger partial charge in [-0.15, -0.1) is 0 Å². The first kappa shape index (κ1) is 20.1. The molecule has 7 nitrogen and oxygen atoms in total. The highest BCUT2D eigenvalue weighted by molar-refractivity contribution is 6.12. The Balaban J connectivity index is 1.70. The zero-order valence-corrected chi connectivity index (χ0v) is 17.4. The van der Waals surface area contributed by atoms with Crippen molar-refractivity contribution in [1.29, 1.82) is 0 Å². The number of para-hydroxylation sites is 1. The highest BCUT2D eigenvalue weighted by Crippen LogP contribution is 2.55. The first-order valence-corrected chi connectivity index (χ1v) is 10.4. The van der Waals surface area contributed by atoms with E-state index in [0.717, 1.165) is 11.1 Å². The van der Waals surface area contributed by atoms with Crippen LogP contribution in [0.1, 0.15) is 27.4 Å². The lowest BCUT2D eigenvalue weighted by atomic mass is 9.70. The molecule has 3 aromatic rings. The van der Waals surface area contributed by atoms with E-state index < -0.39 is 16.4 Å². The molecule has 3 atom stereocenters. The summed E-state index contributed by atoms with van der Waals surface area (Å²) in [5.41, 5.74) is 1.66. The van der Waals surface area contributed by atoms with Gasteiger partial charge in [0.15, 0.2) is 5.78 Å². The molecule has 32 heavy (non-hydrogen) atoms. The van der Waals surface area contributed by atoms with Crippen LogP contribution in [-0.2, 0) is 10.3 Å². The molecule has 2 aliphatic rings. The van der Waals surface area contributed by atoms with E-state index in [4.69, 9.17) is 0 Å². The number of Topliss-reactive ketones (excluding diaryl/α,β-unsaturated/α-hetero) is 1. The van der Waals surface area contributed by atoms with Crippen molar-refractivity contribution >= 4 is 23.1 Å². The average Bonchev–Trinajstić information content (AvgIpc) is 3.29. The van der Waals surface area contributed by atoms with Crippen LogP contribution in [0.2, 0.25) is 0 Å². The van der Waals surface area contributed by atoms with E-state index in [1.165, 1.54) is 12.1 Å². The van der Waals surface area contributed by atoms with Crippen molar-refractivity contribution in [2.75, 3.05) is 18.9 Å². The second-order valence-electron chi connectivity index (χ2n) is 8.31. The molecular formula is C25H21N3O4.